The second kappa shape index (κ2) is 7.32. The molecule has 3 amide bonds. The van der Waals surface area contributed by atoms with Crippen molar-refractivity contribution in [2.75, 3.05) is 12.4 Å². The maximum atomic E-state index is 12.1. The minimum atomic E-state index is -0.723. The molecule has 0 aliphatic carbocycles. The number of aromatic nitrogens is 1. The van der Waals surface area contributed by atoms with E-state index in [2.05, 4.69) is 15.6 Å². The van der Waals surface area contributed by atoms with Crippen LogP contribution in [-0.2, 0) is 4.79 Å². The van der Waals surface area contributed by atoms with E-state index < -0.39 is 12.1 Å². The molecule has 0 aliphatic heterocycles. The predicted molar refractivity (Wildman–Crippen MR) is 75.4 cm³/mol. The Morgan fingerprint density at radius 3 is 2.55 bits per heavy atom. The molecular weight excluding hydrogens is 260 g/mol. The van der Waals surface area contributed by atoms with Gasteiger partial charge in [-0.25, -0.2) is 9.78 Å². The van der Waals surface area contributed by atoms with E-state index >= 15 is 0 Å². The molecule has 1 aromatic heterocycles. The van der Waals surface area contributed by atoms with Crippen LogP contribution in [0.4, 0.5) is 10.5 Å². The molecule has 7 nitrogen and oxygen atoms in total. The third kappa shape index (κ3) is 5.13. The van der Waals surface area contributed by atoms with Crippen LogP contribution < -0.4 is 21.1 Å². The van der Waals surface area contributed by atoms with Crippen LogP contribution in [0.15, 0.2) is 18.3 Å². The van der Waals surface area contributed by atoms with Crippen LogP contribution >= 0.6 is 0 Å². The summed E-state index contributed by atoms with van der Waals surface area (Å²) in [5.74, 6) is 0.369. The van der Waals surface area contributed by atoms with E-state index in [-0.39, 0.29) is 11.8 Å². The van der Waals surface area contributed by atoms with Gasteiger partial charge in [-0.2, -0.15) is 0 Å². The Hall–Kier alpha value is -2.31. The fourth-order valence-electron chi connectivity index (χ4n) is 1.68. The monoisotopic (exact) mass is 280 g/mol. The lowest BCUT2D eigenvalue weighted by Crippen LogP contribution is -2.46. The van der Waals surface area contributed by atoms with Crippen LogP contribution in [0.2, 0.25) is 0 Å². The fourth-order valence-corrected chi connectivity index (χ4v) is 1.68. The van der Waals surface area contributed by atoms with Gasteiger partial charge in [0.25, 0.3) is 0 Å². The molecule has 0 aliphatic rings. The minimum absolute atomic E-state index is 0.242. The van der Waals surface area contributed by atoms with Crippen molar-refractivity contribution in [3.05, 3.63) is 18.3 Å². The third-order valence-electron chi connectivity index (χ3n) is 2.55. The van der Waals surface area contributed by atoms with Gasteiger partial charge in [0, 0.05) is 6.07 Å². The maximum absolute atomic E-state index is 12.1. The first-order valence-corrected chi connectivity index (χ1v) is 6.29. The van der Waals surface area contributed by atoms with Crippen molar-refractivity contribution in [2.45, 2.75) is 26.3 Å². The highest BCUT2D eigenvalue weighted by atomic mass is 16.5. The Bertz CT molecular complexity index is 459. The number of urea groups is 1. The van der Waals surface area contributed by atoms with E-state index in [1.807, 2.05) is 13.8 Å². The Morgan fingerprint density at radius 2 is 2.10 bits per heavy atom. The van der Waals surface area contributed by atoms with Crippen molar-refractivity contribution in [2.24, 2.45) is 11.7 Å². The highest BCUT2D eigenvalue weighted by Crippen LogP contribution is 2.12. The summed E-state index contributed by atoms with van der Waals surface area (Å²) in [4.78, 5) is 27.0. The van der Waals surface area contributed by atoms with Crippen molar-refractivity contribution in [3.63, 3.8) is 0 Å². The largest absolute Gasteiger partial charge is 0.481 e. The van der Waals surface area contributed by atoms with Gasteiger partial charge in [-0.1, -0.05) is 13.8 Å². The third-order valence-corrected chi connectivity index (χ3v) is 2.55. The number of ether oxygens (including phenoxy) is 1. The molecule has 0 spiro atoms. The lowest BCUT2D eigenvalue weighted by Gasteiger charge is -2.19. The molecule has 1 aromatic rings. The van der Waals surface area contributed by atoms with Crippen LogP contribution in [0.5, 0.6) is 5.88 Å². The summed E-state index contributed by atoms with van der Waals surface area (Å²) in [6.45, 7) is 3.91. The van der Waals surface area contributed by atoms with Gasteiger partial charge in [0.05, 0.1) is 19.0 Å². The van der Waals surface area contributed by atoms with Crippen LogP contribution in [0.3, 0.4) is 0 Å². The van der Waals surface area contributed by atoms with Gasteiger partial charge in [-0.3, -0.25) is 4.79 Å². The maximum Gasteiger partial charge on any atom is 0.312 e. The first-order chi connectivity index (χ1) is 9.42. The van der Waals surface area contributed by atoms with Crippen LogP contribution in [-0.4, -0.2) is 30.1 Å². The number of amides is 3. The van der Waals surface area contributed by atoms with E-state index in [0.717, 1.165) is 0 Å². The van der Waals surface area contributed by atoms with Gasteiger partial charge in [0.2, 0.25) is 11.8 Å². The standard InChI is InChI=1S/C13H20N4O3/c1-8(2)6-10(17-13(14)19)12(18)16-9-4-5-11(20-3)15-7-9/h4-5,7-8,10H,6H2,1-3H3,(H,16,18)(H3,14,17,19). The minimum Gasteiger partial charge on any atom is -0.481 e. The lowest BCUT2D eigenvalue weighted by atomic mass is 10.0. The SMILES string of the molecule is COc1ccc(NC(=O)C(CC(C)C)NC(N)=O)cn1. The van der Waals surface area contributed by atoms with Gasteiger partial charge in [-0.05, 0) is 18.4 Å². The van der Waals surface area contributed by atoms with Crippen molar-refractivity contribution in [3.8, 4) is 5.88 Å². The van der Waals surface area contributed by atoms with Gasteiger partial charge in [0.15, 0.2) is 0 Å². The molecule has 0 saturated heterocycles. The number of nitrogens with two attached hydrogens (primary N) is 1. The molecule has 0 saturated carbocycles. The normalized spacial score (nSPS) is 11.8. The van der Waals surface area contributed by atoms with Crippen molar-refractivity contribution >= 4 is 17.6 Å². The first-order valence-electron chi connectivity index (χ1n) is 6.29. The number of nitrogens with one attached hydrogen (secondary N) is 2. The van der Waals surface area contributed by atoms with E-state index in [4.69, 9.17) is 10.5 Å². The summed E-state index contributed by atoms with van der Waals surface area (Å²) < 4.78 is 4.93. The summed E-state index contributed by atoms with van der Waals surface area (Å²) in [6, 6.07) is 1.91. The summed E-state index contributed by atoms with van der Waals surface area (Å²) in [6.07, 6.45) is 1.98. The molecule has 1 heterocycles. The smallest absolute Gasteiger partial charge is 0.312 e. The Labute approximate surface area is 117 Å². The number of primary amides is 1. The Balaban J connectivity index is 2.70. The quantitative estimate of drug-likeness (QED) is 0.725. The topological polar surface area (TPSA) is 106 Å². The molecule has 1 atom stereocenters. The molecular formula is C13H20N4O3. The highest BCUT2D eigenvalue weighted by Gasteiger charge is 2.21. The van der Waals surface area contributed by atoms with Gasteiger partial charge < -0.3 is 21.1 Å². The van der Waals surface area contributed by atoms with E-state index in [0.29, 0.717) is 18.0 Å². The molecule has 0 radical (unpaired) electrons. The molecule has 0 bridgehead atoms. The van der Waals surface area contributed by atoms with Crippen LogP contribution in [0.25, 0.3) is 0 Å². The highest BCUT2D eigenvalue weighted by molar-refractivity contribution is 5.96. The number of hydrogen-bond donors (Lipinski definition) is 3. The molecule has 0 fully saturated rings. The van der Waals surface area contributed by atoms with E-state index in [1.54, 1.807) is 12.1 Å². The number of methoxy groups -OCH3 is 1. The zero-order chi connectivity index (χ0) is 15.1. The zero-order valence-electron chi connectivity index (χ0n) is 11.8. The predicted octanol–water partition coefficient (Wildman–Crippen LogP) is 1.11. The zero-order valence-corrected chi connectivity index (χ0v) is 11.8. The lowest BCUT2D eigenvalue weighted by molar-refractivity contribution is -0.118. The Kier molecular flexibility index (Phi) is 5.76. The van der Waals surface area contributed by atoms with Gasteiger partial charge >= 0.3 is 6.03 Å². The molecule has 1 unspecified atom stereocenters. The average Bonchev–Trinajstić information content (AvgIpc) is 2.37. The number of anilines is 1. The number of pyridine rings is 1. The molecule has 0 aromatic carbocycles. The second-order valence-electron chi connectivity index (χ2n) is 4.77. The molecule has 110 valence electrons. The van der Waals surface area contributed by atoms with Crippen molar-refractivity contribution < 1.29 is 14.3 Å². The van der Waals surface area contributed by atoms with E-state index in [9.17, 15) is 9.59 Å². The average molecular weight is 280 g/mol. The van der Waals surface area contributed by atoms with Gasteiger partial charge in [-0.15, -0.1) is 0 Å². The number of carbonyl (C=O) groups is 2. The van der Waals surface area contributed by atoms with Gasteiger partial charge in [0.1, 0.15) is 6.04 Å². The van der Waals surface area contributed by atoms with Crippen molar-refractivity contribution in [1.82, 2.24) is 10.3 Å². The molecule has 1 rings (SSSR count). The summed E-state index contributed by atoms with van der Waals surface area (Å²) in [5.41, 5.74) is 5.60. The molecule has 7 heteroatoms. The number of carbonyl (C=O) groups excluding carboxylic acids is 2. The fraction of sp³-hybridized carbons (Fsp3) is 0.462. The number of rotatable bonds is 6. The molecule has 4 N–H and O–H groups in total. The number of hydrogen-bond acceptors (Lipinski definition) is 4. The second-order valence-corrected chi connectivity index (χ2v) is 4.77. The summed E-state index contributed by atoms with van der Waals surface area (Å²) in [7, 11) is 1.51. The van der Waals surface area contributed by atoms with Crippen molar-refractivity contribution in [1.29, 1.82) is 0 Å². The molecule has 20 heavy (non-hydrogen) atoms. The van der Waals surface area contributed by atoms with Crippen LogP contribution in [0, 0.1) is 5.92 Å². The van der Waals surface area contributed by atoms with E-state index in [1.165, 1.54) is 13.3 Å². The summed E-state index contributed by atoms with van der Waals surface area (Å²) in [5, 5.41) is 5.11. The number of nitrogens with zero attached hydrogens (tertiary/aromatic N) is 1. The summed E-state index contributed by atoms with van der Waals surface area (Å²) >= 11 is 0. The van der Waals surface area contributed by atoms with Crippen LogP contribution in [0.1, 0.15) is 20.3 Å². The first kappa shape index (κ1) is 15.7. The Morgan fingerprint density at radius 1 is 1.40 bits per heavy atom.